The molecule has 0 atom stereocenters. The number of hydrogen-bond donors (Lipinski definition) is 2. The van der Waals surface area contributed by atoms with E-state index < -0.39 is 11.4 Å². The number of aliphatic carboxylic acids is 1. The van der Waals surface area contributed by atoms with Crippen LogP contribution in [-0.4, -0.2) is 21.0 Å². The molecule has 1 aliphatic rings. The summed E-state index contributed by atoms with van der Waals surface area (Å²) in [5, 5.41) is 10.8. The van der Waals surface area contributed by atoms with Crippen LogP contribution in [0.4, 0.5) is 0 Å². The predicted octanol–water partition coefficient (Wildman–Crippen LogP) is 4.13. The molecule has 2 aromatic heterocycles. The molecule has 4 heteroatoms. The number of rotatable bonds is 3. The molecule has 4 nitrogen and oxygen atoms in total. The second-order valence-electron chi connectivity index (χ2n) is 6.31. The molecular formula is C19H18N2O2. The van der Waals surface area contributed by atoms with E-state index in [2.05, 4.69) is 16.0 Å². The summed E-state index contributed by atoms with van der Waals surface area (Å²) in [6, 6.07) is 12.0. The highest BCUT2D eigenvalue weighted by Gasteiger charge is 2.42. The van der Waals surface area contributed by atoms with Crippen LogP contribution in [0.2, 0.25) is 0 Å². The Labute approximate surface area is 134 Å². The van der Waals surface area contributed by atoms with E-state index >= 15 is 0 Å². The fourth-order valence-corrected chi connectivity index (χ4v) is 3.70. The van der Waals surface area contributed by atoms with Crippen LogP contribution < -0.4 is 0 Å². The number of fused-ring (bicyclic) bond motifs is 1. The average Bonchev–Trinajstić information content (AvgIpc) is 3.24. The van der Waals surface area contributed by atoms with Crippen molar-refractivity contribution in [3.05, 3.63) is 54.4 Å². The first kappa shape index (κ1) is 14.0. The zero-order chi connectivity index (χ0) is 15.9. The quantitative estimate of drug-likeness (QED) is 0.764. The van der Waals surface area contributed by atoms with Crippen molar-refractivity contribution >= 4 is 17.0 Å². The van der Waals surface area contributed by atoms with Gasteiger partial charge in [0.1, 0.15) is 5.65 Å². The Balaban J connectivity index is 1.80. The predicted molar refractivity (Wildman–Crippen MR) is 89.3 cm³/mol. The van der Waals surface area contributed by atoms with Gasteiger partial charge < -0.3 is 10.1 Å². The molecule has 0 aliphatic heterocycles. The summed E-state index contributed by atoms with van der Waals surface area (Å²) in [6.45, 7) is 0. The van der Waals surface area contributed by atoms with Gasteiger partial charge >= 0.3 is 5.97 Å². The summed E-state index contributed by atoms with van der Waals surface area (Å²) >= 11 is 0. The number of hydrogen-bond acceptors (Lipinski definition) is 2. The summed E-state index contributed by atoms with van der Waals surface area (Å²) in [5.74, 6) is -0.702. The summed E-state index contributed by atoms with van der Waals surface area (Å²) < 4.78 is 0. The van der Waals surface area contributed by atoms with E-state index in [4.69, 9.17) is 0 Å². The van der Waals surface area contributed by atoms with E-state index in [0.717, 1.165) is 53.4 Å². The first-order chi connectivity index (χ1) is 11.2. The number of carboxylic acids is 1. The lowest BCUT2D eigenvalue weighted by Crippen LogP contribution is -2.32. The number of aromatic nitrogens is 2. The molecular weight excluding hydrogens is 288 g/mol. The lowest BCUT2D eigenvalue weighted by Gasteiger charge is -2.25. The highest BCUT2D eigenvalue weighted by Crippen LogP contribution is 2.42. The monoisotopic (exact) mass is 306 g/mol. The Morgan fingerprint density at radius 1 is 1.13 bits per heavy atom. The van der Waals surface area contributed by atoms with Gasteiger partial charge in [-0.2, -0.15) is 0 Å². The third-order valence-corrected chi connectivity index (χ3v) is 5.02. The first-order valence-electron chi connectivity index (χ1n) is 7.96. The number of nitrogens with one attached hydrogen (secondary N) is 1. The van der Waals surface area contributed by atoms with E-state index in [0.29, 0.717) is 0 Å². The molecule has 23 heavy (non-hydrogen) atoms. The number of carbonyl (C=O) groups is 1. The molecule has 0 bridgehead atoms. The van der Waals surface area contributed by atoms with Gasteiger partial charge in [-0.3, -0.25) is 4.79 Å². The van der Waals surface area contributed by atoms with Gasteiger partial charge in [0.25, 0.3) is 0 Å². The summed E-state index contributed by atoms with van der Waals surface area (Å²) in [6.07, 6.45) is 7.11. The van der Waals surface area contributed by atoms with E-state index in [1.165, 1.54) is 0 Å². The normalized spacial score (nSPS) is 16.7. The van der Waals surface area contributed by atoms with Crippen LogP contribution in [0.1, 0.15) is 31.2 Å². The van der Waals surface area contributed by atoms with E-state index in [-0.39, 0.29) is 0 Å². The van der Waals surface area contributed by atoms with Crippen molar-refractivity contribution in [2.45, 2.75) is 31.1 Å². The number of benzene rings is 1. The molecule has 1 aliphatic carbocycles. The van der Waals surface area contributed by atoms with Crippen molar-refractivity contribution in [2.75, 3.05) is 0 Å². The minimum Gasteiger partial charge on any atom is -0.481 e. The molecule has 3 aromatic rings. The summed E-state index contributed by atoms with van der Waals surface area (Å²) in [5.41, 5.74) is 3.08. The van der Waals surface area contributed by atoms with E-state index in [1.54, 1.807) is 0 Å². The fourth-order valence-electron chi connectivity index (χ4n) is 3.70. The van der Waals surface area contributed by atoms with Crippen molar-refractivity contribution < 1.29 is 9.90 Å². The maximum absolute atomic E-state index is 11.9. The van der Waals surface area contributed by atoms with Gasteiger partial charge in [-0.05, 0) is 42.2 Å². The van der Waals surface area contributed by atoms with Crippen LogP contribution in [0.15, 0.2) is 48.8 Å². The summed E-state index contributed by atoms with van der Waals surface area (Å²) in [7, 11) is 0. The van der Waals surface area contributed by atoms with Crippen LogP contribution in [0.5, 0.6) is 0 Å². The molecule has 2 N–H and O–H groups in total. The second kappa shape index (κ2) is 5.23. The van der Waals surface area contributed by atoms with Gasteiger partial charge in [0.15, 0.2) is 0 Å². The largest absolute Gasteiger partial charge is 0.481 e. The molecule has 2 heterocycles. The number of pyridine rings is 1. The molecule has 0 radical (unpaired) electrons. The number of nitrogens with zero attached hydrogens (tertiary/aromatic N) is 1. The van der Waals surface area contributed by atoms with Crippen LogP contribution in [0, 0.1) is 0 Å². The van der Waals surface area contributed by atoms with Crippen molar-refractivity contribution in [1.82, 2.24) is 9.97 Å². The van der Waals surface area contributed by atoms with Crippen molar-refractivity contribution in [3.63, 3.8) is 0 Å². The maximum Gasteiger partial charge on any atom is 0.314 e. The molecule has 4 rings (SSSR count). The average molecular weight is 306 g/mol. The highest BCUT2D eigenvalue weighted by molar-refractivity contribution is 5.84. The van der Waals surface area contributed by atoms with Crippen LogP contribution in [0.3, 0.4) is 0 Å². The molecule has 116 valence electrons. The molecule has 0 spiro atoms. The lowest BCUT2D eigenvalue weighted by atomic mass is 9.78. The van der Waals surface area contributed by atoms with Gasteiger partial charge in [-0.15, -0.1) is 0 Å². The van der Waals surface area contributed by atoms with Crippen LogP contribution in [0.25, 0.3) is 22.2 Å². The maximum atomic E-state index is 11.9. The molecule has 1 fully saturated rings. The number of carboxylic acid groups (broad SMARTS) is 1. The molecule has 0 amide bonds. The van der Waals surface area contributed by atoms with Gasteiger partial charge in [0, 0.05) is 23.3 Å². The Hall–Kier alpha value is -2.62. The fraction of sp³-hybridized carbons (Fsp3) is 0.263. The zero-order valence-electron chi connectivity index (χ0n) is 12.7. The van der Waals surface area contributed by atoms with Gasteiger partial charge in [0.05, 0.1) is 5.41 Å². The lowest BCUT2D eigenvalue weighted by molar-refractivity contribution is -0.143. The number of aromatic amines is 1. The molecule has 1 saturated carbocycles. The van der Waals surface area contributed by atoms with E-state index in [1.807, 2.05) is 42.7 Å². The van der Waals surface area contributed by atoms with Gasteiger partial charge in [-0.1, -0.05) is 31.0 Å². The Morgan fingerprint density at radius 2 is 1.96 bits per heavy atom. The highest BCUT2D eigenvalue weighted by atomic mass is 16.4. The SMILES string of the molecule is O=C(O)C1(c2cccc(-c3cnc4[nH]ccc4c3)c2)CCCC1. The molecule has 0 unspecified atom stereocenters. The zero-order valence-corrected chi connectivity index (χ0v) is 12.7. The Morgan fingerprint density at radius 3 is 2.74 bits per heavy atom. The minimum absolute atomic E-state index is 0.702. The summed E-state index contributed by atoms with van der Waals surface area (Å²) in [4.78, 5) is 19.4. The van der Waals surface area contributed by atoms with Crippen molar-refractivity contribution in [2.24, 2.45) is 0 Å². The molecule has 1 aromatic carbocycles. The Bertz CT molecular complexity index is 876. The standard InChI is InChI=1S/C19H18N2O2/c22-18(23)19(7-1-2-8-19)16-5-3-4-13(11-16)15-10-14-6-9-20-17(14)21-12-15/h3-6,9-12H,1-2,7-8H2,(H,20,21)(H,22,23). The third kappa shape index (κ3) is 2.22. The van der Waals surface area contributed by atoms with Crippen LogP contribution in [-0.2, 0) is 10.2 Å². The van der Waals surface area contributed by atoms with Gasteiger partial charge in [-0.25, -0.2) is 4.98 Å². The van der Waals surface area contributed by atoms with Crippen molar-refractivity contribution in [1.29, 1.82) is 0 Å². The van der Waals surface area contributed by atoms with Gasteiger partial charge in [0.2, 0.25) is 0 Å². The number of H-pyrrole nitrogens is 1. The van der Waals surface area contributed by atoms with Crippen LogP contribution >= 0.6 is 0 Å². The van der Waals surface area contributed by atoms with E-state index in [9.17, 15) is 9.90 Å². The van der Waals surface area contributed by atoms with Crippen molar-refractivity contribution in [3.8, 4) is 11.1 Å². The third-order valence-electron chi connectivity index (χ3n) is 5.02. The smallest absolute Gasteiger partial charge is 0.314 e. The molecule has 0 saturated heterocycles. The second-order valence-corrected chi connectivity index (χ2v) is 6.31. The minimum atomic E-state index is -0.721. The Kier molecular flexibility index (Phi) is 3.18. The topological polar surface area (TPSA) is 66.0 Å². The first-order valence-corrected chi connectivity index (χ1v) is 7.96.